The van der Waals surface area contributed by atoms with Crippen molar-refractivity contribution in [3.8, 4) is 0 Å². The molecule has 0 heterocycles. The van der Waals surface area contributed by atoms with Crippen LogP contribution in [0, 0.1) is 6.92 Å². The molecule has 0 aliphatic carbocycles. The Balaban J connectivity index is 2.60. The summed E-state index contributed by atoms with van der Waals surface area (Å²) in [6, 6.07) is 5.01. The number of amides is 3. The molecule has 1 aromatic rings. The Morgan fingerprint density at radius 2 is 1.86 bits per heavy atom. The van der Waals surface area contributed by atoms with Gasteiger partial charge in [-0.05, 0) is 37.7 Å². The molecule has 0 aliphatic rings. The molecule has 0 bridgehead atoms. The zero-order valence-electron chi connectivity index (χ0n) is 13.8. The quantitative estimate of drug-likeness (QED) is 0.719. The summed E-state index contributed by atoms with van der Waals surface area (Å²) in [4.78, 5) is 25.9. The number of carbonyl (C=O) groups excluding carboxylic acids is 2. The lowest BCUT2D eigenvalue weighted by Gasteiger charge is -2.18. The van der Waals surface area contributed by atoms with Gasteiger partial charge in [0.2, 0.25) is 0 Å². The monoisotopic (exact) mass is 306 g/mol. The molecule has 1 aromatic carbocycles. The molecule has 0 aromatic heterocycles. The summed E-state index contributed by atoms with van der Waals surface area (Å²) in [6.07, 6.45) is 0. The van der Waals surface area contributed by atoms with Crippen molar-refractivity contribution < 1.29 is 9.59 Å². The molecule has 0 spiro atoms. The third kappa shape index (κ3) is 5.04. The Kier molecular flexibility index (Phi) is 7.39. The minimum absolute atomic E-state index is 0.164. The van der Waals surface area contributed by atoms with Gasteiger partial charge in [0.25, 0.3) is 5.91 Å². The second-order valence-electron chi connectivity index (χ2n) is 4.97. The van der Waals surface area contributed by atoms with Crippen LogP contribution in [0.3, 0.4) is 0 Å². The second kappa shape index (κ2) is 9.04. The number of hydrogen-bond acceptors (Lipinski definition) is 3. The Bertz CT molecular complexity index is 513. The molecule has 0 radical (unpaired) electrons. The topological polar surface area (TPSA) is 73.5 Å². The van der Waals surface area contributed by atoms with Crippen LogP contribution in [-0.4, -0.2) is 50.1 Å². The summed E-state index contributed by atoms with van der Waals surface area (Å²) < 4.78 is 0. The molecule has 122 valence electrons. The lowest BCUT2D eigenvalue weighted by Crippen LogP contribution is -2.37. The van der Waals surface area contributed by atoms with E-state index in [4.69, 9.17) is 0 Å². The van der Waals surface area contributed by atoms with Gasteiger partial charge in [-0.2, -0.15) is 0 Å². The lowest BCUT2D eigenvalue weighted by atomic mass is 10.1. The molecule has 0 fully saturated rings. The molecule has 0 unspecified atom stereocenters. The van der Waals surface area contributed by atoms with E-state index in [2.05, 4.69) is 34.7 Å². The third-order valence-corrected chi connectivity index (χ3v) is 3.66. The van der Waals surface area contributed by atoms with E-state index in [9.17, 15) is 9.59 Å². The van der Waals surface area contributed by atoms with Crippen molar-refractivity contribution in [2.45, 2.75) is 20.8 Å². The lowest BCUT2D eigenvalue weighted by molar-refractivity contribution is 0.0962. The van der Waals surface area contributed by atoms with Crippen molar-refractivity contribution in [1.82, 2.24) is 15.5 Å². The van der Waals surface area contributed by atoms with Crippen LogP contribution in [0.4, 0.5) is 10.5 Å². The van der Waals surface area contributed by atoms with Crippen molar-refractivity contribution in [3.63, 3.8) is 0 Å². The first kappa shape index (κ1) is 18.0. The summed E-state index contributed by atoms with van der Waals surface area (Å²) in [6.45, 7) is 9.34. The third-order valence-electron chi connectivity index (χ3n) is 3.66. The van der Waals surface area contributed by atoms with Gasteiger partial charge in [-0.25, -0.2) is 4.79 Å². The molecular formula is C16H26N4O2. The maximum absolute atomic E-state index is 11.9. The number of benzene rings is 1. The fourth-order valence-corrected chi connectivity index (χ4v) is 2.19. The van der Waals surface area contributed by atoms with E-state index in [0.717, 1.165) is 25.2 Å². The van der Waals surface area contributed by atoms with Crippen molar-refractivity contribution in [1.29, 1.82) is 0 Å². The summed E-state index contributed by atoms with van der Waals surface area (Å²) in [5.41, 5.74) is 1.95. The number of nitrogens with zero attached hydrogens (tertiary/aromatic N) is 1. The van der Waals surface area contributed by atoms with E-state index in [0.29, 0.717) is 17.8 Å². The predicted molar refractivity (Wildman–Crippen MR) is 89.4 cm³/mol. The Labute approximate surface area is 132 Å². The minimum atomic E-state index is -0.260. The molecule has 6 nitrogen and oxygen atoms in total. The SMILES string of the molecule is CCN(CC)CCNC(=O)Nc1cccc(C(=O)NC)c1C. The van der Waals surface area contributed by atoms with Gasteiger partial charge in [-0.3, -0.25) is 4.79 Å². The van der Waals surface area contributed by atoms with Gasteiger partial charge in [0.15, 0.2) is 0 Å². The van der Waals surface area contributed by atoms with Gasteiger partial charge in [-0.1, -0.05) is 19.9 Å². The summed E-state index contributed by atoms with van der Waals surface area (Å²) in [5.74, 6) is -0.164. The van der Waals surface area contributed by atoms with Crippen LogP contribution in [-0.2, 0) is 0 Å². The highest BCUT2D eigenvalue weighted by molar-refractivity contribution is 5.98. The van der Waals surface area contributed by atoms with E-state index in [1.807, 2.05) is 6.92 Å². The van der Waals surface area contributed by atoms with Crippen LogP contribution < -0.4 is 16.0 Å². The van der Waals surface area contributed by atoms with Crippen molar-refractivity contribution >= 4 is 17.6 Å². The van der Waals surface area contributed by atoms with Gasteiger partial charge in [0, 0.05) is 31.4 Å². The predicted octanol–water partition coefficient (Wildman–Crippen LogP) is 1.82. The van der Waals surface area contributed by atoms with Crippen molar-refractivity contribution in [2.24, 2.45) is 0 Å². The molecule has 0 aliphatic heterocycles. The minimum Gasteiger partial charge on any atom is -0.355 e. The van der Waals surface area contributed by atoms with Crippen molar-refractivity contribution in [3.05, 3.63) is 29.3 Å². The van der Waals surface area contributed by atoms with Crippen LogP contribution >= 0.6 is 0 Å². The normalized spacial score (nSPS) is 10.4. The van der Waals surface area contributed by atoms with Gasteiger partial charge in [0.05, 0.1) is 0 Å². The largest absolute Gasteiger partial charge is 0.355 e. The summed E-state index contributed by atoms with van der Waals surface area (Å²) in [5, 5.41) is 8.21. The number of hydrogen-bond donors (Lipinski definition) is 3. The smallest absolute Gasteiger partial charge is 0.319 e. The first-order chi connectivity index (χ1) is 10.5. The second-order valence-corrected chi connectivity index (χ2v) is 4.97. The zero-order valence-corrected chi connectivity index (χ0v) is 13.8. The molecule has 3 amide bonds. The number of urea groups is 1. The average molecular weight is 306 g/mol. The highest BCUT2D eigenvalue weighted by Gasteiger charge is 2.11. The van der Waals surface area contributed by atoms with E-state index >= 15 is 0 Å². The first-order valence-electron chi connectivity index (χ1n) is 7.62. The number of anilines is 1. The number of nitrogens with one attached hydrogen (secondary N) is 3. The van der Waals surface area contributed by atoms with E-state index < -0.39 is 0 Å². The molecule has 3 N–H and O–H groups in total. The Hall–Kier alpha value is -2.08. The van der Waals surface area contributed by atoms with Crippen LogP contribution in [0.2, 0.25) is 0 Å². The van der Waals surface area contributed by atoms with Crippen LogP contribution in [0.5, 0.6) is 0 Å². The highest BCUT2D eigenvalue weighted by Crippen LogP contribution is 2.18. The van der Waals surface area contributed by atoms with Gasteiger partial charge >= 0.3 is 6.03 Å². The van der Waals surface area contributed by atoms with Gasteiger partial charge < -0.3 is 20.9 Å². The van der Waals surface area contributed by atoms with Crippen molar-refractivity contribution in [2.75, 3.05) is 38.5 Å². The number of likely N-dealkylation sites (N-methyl/N-ethyl adjacent to an activating group) is 1. The Morgan fingerprint density at radius 1 is 1.18 bits per heavy atom. The van der Waals surface area contributed by atoms with Crippen LogP contribution in [0.25, 0.3) is 0 Å². The van der Waals surface area contributed by atoms with Gasteiger partial charge in [-0.15, -0.1) is 0 Å². The van der Waals surface area contributed by atoms with E-state index in [1.54, 1.807) is 25.2 Å². The highest BCUT2D eigenvalue weighted by atomic mass is 16.2. The van der Waals surface area contributed by atoms with Crippen LogP contribution in [0.1, 0.15) is 29.8 Å². The summed E-state index contributed by atoms with van der Waals surface area (Å²) in [7, 11) is 1.59. The van der Waals surface area contributed by atoms with Gasteiger partial charge in [0.1, 0.15) is 0 Å². The summed E-state index contributed by atoms with van der Waals surface area (Å²) >= 11 is 0. The standard InChI is InChI=1S/C16H26N4O2/c1-5-20(6-2)11-10-18-16(22)19-14-9-7-8-13(12(14)3)15(21)17-4/h7-9H,5-6,10-11H2,1-4H3,(H,17,21)(H2,18,19,22). The molecular weight excluding hydrogens is 280 g/mol. The fourth-order valence-electron chi connectivity index (χ4n) is 2.19. The molecule has 0 saturated heterocycles. The molecule has 1 rings (SSSR count). The molecule has 0 atom stereocenters. The maximum atomic E-state index is 11.9. The zero-order chi connectivity index (χ0) is 16.5. The Morgan fingerprint density at radius 3 is 2.45 bits per heavy atom. The molecule has 22 heavy (non-hydrogen) atoms. The first-order valence-corrected chi connectivity index (χ1v) is 7.62. The van der Waals surface area contributed by atoms with Crippen LogP contribution in [0.15, 0.2) is 18.2 Å². The number of rotatable bonds is 7. The van der Waals surface area contributed by atoms with E-state index in [-0.39, 0.29) is 11.9 Å². The number of carbonyl (C=O) groups is 2. The average Bonchev–Trinajstić information content (AvgIpc) is 2.53. The molecule has 0 saturated carbocycles. The molecule has 6 heteroatoms. The maximum Gasteiger partial charge on any atom is 0.319 e. The fraction of sp³-hybridized carbons (Fsp3) is 0.500. The van der Waals surface area contributed by atoms with E-state index in [1.165, 1.54) is 0 Å².